The van der Waals surface area contributed by atoms with E-state index in [-0.39, 0.29) is 0 Å². The van der Waals surface area contributed by atoms with E-state index in [0.717, 1.165) is 0 Å². The highest BCUT2D eigenvalue weighted by atomic mass is 14.9. The van der Waals surface area contributed by atoms with Crippen molar-refractivity contribution < 1.29 is 0 Å². The lowest BCUT2D eigenvalue weighted by atomic mass is 10.2. The Kier molecular flexibility index (Phi) is 7.17. The van der Waals surface area contributed by atoms with Crippen molar-refractivity contribution in [2.45, 2.75) is 59.0 Å². The van der Waals surface area contributed by atoms with Gasteiger partial charge < -0.3 is 5.32 Å². The molecule has 1 rings (SSSR count). The van der Waals surface area contributed by atoms with E-state index in [2.05, 4.69) is 31.3 Å². The van der Waals surface area contributed by atoms with Crippen LogP contribution in [0.25, 0.3) is 0 Å². The van der Waals surface area contributed by atoms with E-state index >= 15 is 0 Å². The fourth-order valence-corrected chi connectivity index (χ4v) is 1.36. The van der Waals surface area contributed by atoms with Crippen molar-refractivity contribution in [2.24, 2.45) is 0 Å². The number of nitrogens with one attached hydrogen (secondary N) is 1. The van der Waals surface area contributed by atoms with E-state index in [9.17, 15) is 0 Å². The molecule has 0 aromatic carbocycles. The highest BCUT2D eigenvalue weighted by Crippen LogP contribution is 2.07. The van der Waals surface area contributed by atoms with Crippen LogP contribution in [0.5, 0.6) is 0 Å². The molecule has 1 heteroatoms. The molecule has 1 N–H and O–H groups in total. The molecule has 12 heavy (non-hydrogen) atoms. The van der Waals surface area contributed by atoms with Gasteiger partial charge >= 0.3 is 0 Å². The molecule has 2 unspecified atom stereocenters. The summed E-state index contributed by atoms with van der Waals surface area (Å²) in [7, 11) is 0. The summed E-state index contributed by atoms with van der Waals surface area (Å²) in [4.78, 5) is 0. The van der Waals surface area contributed by atoms with E-state index in [1.807, 2.05) is 13.8 Å². The van der Waals surface area contributed by atoms with Crippen LogP contribution in [0.2, 0.25) is 0 Å². The summed E-state index contributed by atoms with van der Waals surface area (Å²) in [6.07, 6.45) is 8.33. The molecule has 0 amide bonds. The first-order chi connectivity index (χ1) is 5.83. The summed E-state index contributed by atoms with van der Waals surface area (Å²) in [6.45, 7) is 8.48. The van der Waals surface area contributed by atoms with E-state index < -0.39 is 0 Å². The lowest BCUT2D eigenvalue weighted by Crippen LogP contribution is -2.33. The minimum atomic E-state index is 0.623. The average Bonchev–Trinajstić information content (AvgIpc) is 2.33. The highest BCUT2D eigenvalue weighted by Gasteiger charge is 2.08. The Morgan fingerprint density at radius 2 is 2.08 bits per heavy atom. The Hall–Kier alpha value is -0.300. The summed E-state index contributed by atoms with van der Waals surface area (Å²) < 4.78 is 0. The third-order valence-corrected chi connectivity index (χ3v) is 2.07. The summed E-state index contributed by atoms with van der Waals surface area (Å²) in [6, 6.07) is 1.32. The zero-order chi connectivity index (χ0) is 9.40. The van der Waals surface area contributed by atoms with Crippen LogP contribution in [-0.2, 0) is 0 Å². The summed E-state index contributed by atoms with van der Waals surface area (Å²) in [5.74, 6) is 0. The predicted molar refractivity (Wildman–Crippen MR) is 56.4 cm³/mol. The molecular formula is C11H23N. The maximum atomic E-state index is 3.54. The fraction of sp³-hybridized carbons (Fsp3) is 0.818. The van der Waals surface area contributed by atoms with Gasteiger partial charge in [-0.05, 0) is 26.2 Å². The van der Waals surface area contributed by atoms with Gasteiger partial charge in [0.05, 0.1) is 0 Å². The van der Waals surface area contributed by atoms with Gasteiger partial charge in [0.15, 0.2) is 0 Å². The first-order valence-electron chi connectivity index (χ1n) is 5.25. The van der Waals surface area contributed by atoms with Gasteiger partial charge in [-0.2, -0.15) is 0 Å². The fourth-order valence-electron chi connectivity index (χ4n) is 1.36. The van der Waals surface area contributed by atoms with Crippen molar-refractivity contribution >= 4 is 0 Å². The lowest BCUT2D eigenvalue weighted by Gasteiger charge is -2.15. The Morgan fingerprint density at radius 3 is 2.67 bits per heavy atom. The Labute approximate surface area is 77.2 Å². The van der Waals surface area contributed by atoms with Gasteiger partial charge in [0.1, 0.15) is 0 Å². The van der Waals surface area contributed by atoms with Gasteiger partial charge in [0.25, 0.3) is 0 Å². The predicted octanol–water partition coefficient (Wildman–Crippen LogP) is 3.12. The van der Waals surface area contributed by atoms with E-state index in [0.29, 0.717) is 12.1 Å². The van der Waals surface area contributed by atoms with Crippen LogP contribution in [0.3, 0.4) is 0 Å². The Balaban J connectivity index is 0.000000561. The van der Waals surface area contributed by atoms with Crippen LogP contribution < -0.4 is 5.32 Å². The van der Waals surface area contributed by atoms with E-state index in [4.69, 9.17) is 0 Å². The topological polar surface area (TPSA) is 12.0 Å². The molecule has 0 fully saturated rings. The van der Waals surface area contributed by atoms with E-state index in [1.54, 1.807) is 0 Å². The Morgan fingerprint density at radius 1 is 1.42 bits per heavy atom. The molecule has 0 aromatic heterocycles. The molecule has 1 nitrogen and oxygen atoms in total. The average molecular weight is 169 g/mol. The molecular weight excluding hydrogens is 146 g/mol. The van der Waals surface area contributed by atoms with Crippen molar-refractivity contribution in [3.05, 3.63) is 12.2 Å². The largest absolute Gasteiger partial charge is 0.308 e. The molecule has 0 saturated heterocycles. The second-order valence-electron chi connectivity index (χ2n) is 3.09. The number of hydrogen-bond donors (Lipinski definition) is 1. The minimum Gasteiger partial charge on any atom is -0.308 e. The second kappa shape index (κ2) is 7.35. The van der Waals surface area contributed by atoms with Gasteiger partial charge in [0, 0.05) is 12.1 Å². The molecule has 72 valence electrons. The lowest BCUT2D eigenvalue weighted by molar-refractivity contribution is 0.479. The van der Waals surface area contributed by atoms with Crippen LogP contribution in [-0.4, -0.2) is 12.1 Å². The Bertz CT molecular complexity index is 118. The van der Waals surface area contributed by atoms with E-state index in [1.165, 1.54) is 19.3 Å². The third-order valence-electron chi connectivity index (χ3n) is 2.07. The van der Waals surface area contributed by atoms with Gasteiger partial charge in [0.2, 0.25) is 0 Å². The van der Waals surface area contributed by atoms with Crippen LogP contribution in [0.4, 0.5) is 0 Å². The molecule has 1 aliphatic heterocycles. The van der Waals surface area contributed by atoms with Gasteiger partial charge in [-0.1, -0.05) is 32.9 Å². The molecule has 0 saturated carbocycles. The zero-order valence-electron chi connectivity index (χ0n) is 8.93. The maximum absolute atomic E-state index is 3.54. The van der Waals surface area contributed by atoms with Crippen molar-refractivity contribution in [3.63, 3.8) is 0 Å². The molecule has 2 atom stereocenters. The molecule has 0 spiro atoms. The van der Waals surface area contributed by atoms with Crippen LogP contribution in [0, 0.1) is 0 Å². The number of rotatable bonds is 1. The summed E-state index contributed by atoms with van der Waals surface area (Å²) in [5.41, 5.74) is 0. The number of hydrogen-bond acceptors (Lipinski definition) is 1. The highest BCUT2D eigenvalue weighted by molar-refractivity contribution is 4.96. The first-order valence-corrected chi connectivity index (χ1v) is 5.25. The quantitative estimate of drug-likeness (QED) is 0.595. The van der Waals surface area contributed by atoms with Crippen LogP contribution in [0.15, 0.2) is 12.2 Å². The third kappa shape index (κ3) is 4.55. The molecule has 1 aliphatic rings. The van der Waals surface area contributed by atoms with Crippen molar-refractivity contribution in [2.75, 3.05) is 0 Å². The summed E-state index contributed by atoms with van der Waals surface area (Å²) >= 11 is 0. The van der Waals surface area contributed by atoms with Gasteiger partial charge in [-0.3, -0.25) is 0 Å². The molecule has 0 aromatic rings. The second-order valence-corrected chi connectivity index (χ2v) is 3.09. The van der Waals surface area contributed by atoms with Gasteiger partial charge in [-0.25, -0.2) is 0 Å². The number of allylic oxidation sites excluding steroid dienone is 1. The van der Waals surface area contributed by atoms with Crippen LogP contribution in [0.1, 0.15) is 47.0 Å². The molecule has 0 radical (unpaired) electrons. The molecule has 0 bridgehead atoms. The summed E-state index contributed by atoms with van der Waals surface area (Å²) in [5, 5.41) is 3.54. The monoisotopic (exact) mass is 169 g/mol. The van der Waals surface area contributed by atoms with Gasteiger partial charge in [-0.15, -0.1) is 0 Å². The minimum absolute atomic E-state index is 0.623. The van der Waals surface area contributed by atoms with Crippen LogP contribution >= 0.6 is 0 Å². The van der Waals surface area contributed by atoms with Crippen molar-refractivity contribution in [3.8, 4) is 0 Å². The van der Waals surface area contributed by atoms with Crippen molar-refractivity contribution in [1.82, 2.24) is 5.32 Å². The SMILES string of the molecule is CC.CCC1C=CCCC(C)N1. The normalized spacial score (nSPS) is 28.7. The first kappa shape index (κ1) is 11.7. The smallest absolute Gasteiger partial charge is 0.0249 e. The standard InChI is InChI=1S/C9H17N.C2H6/c1-3-9-7-5-4-6-8(2)10-9;1-2/h5,7-10H,3-4,6H2,1-2H3;1-2H3. The molecule has 0 aliphatic carbocycles. The zero-order valence-corrected chi connectivity index (χ0v) is 8.93. The van der Waals surface area contributed by atoms with Crippen molar-refractivity contribution in [1.29, 1.82) is 0 Å². The molecule has 1 heterocycles. The maximum Gasteiger partial charge on any atom is 0.0249 e.